The van der Waals surface area contributed by atoms with E-state index in [4.69, 9.17) is 4.42 Å². The summed E-state index contributed by atoms with van der Waals surface area (Å²) in [6, 6.07) is 12.6. The molecule has 0 spiro atoms. The van der Waals surface area contributed by atoms with Crippen LogP contribution >= 0.6 is 0 Å². The zero-order valence-electron chi connectivity index (χ0n) is 11.3. The smallest absolute Gasteiger partial charge is 0.336 e. The molecule has 0 saturated heterocycles. The number of aromatic nitrogens is 1. The normalized spacial score (nSPS) is 10.4. The summed E-state index contributed by atoms with van der Waals surface area (Å²) in [5.41, 5.74) is 0.739. The molecule has 6 heteroatoms. The highest BCUT2D eigenvalue weighted by Gasteiger charge is 2.15. The summed E-state index contributed by atoms with van der Waals surface area (Å²) in [7, 11) is 0. The van der Waals surface area contributed by atoms with Crippen molar-refractivity contribution in [3.8, 4) is 11.3 Å². The van der Waals surface area contributed by atoms with E-state index in [1.54, 1.807) is 36.4 Å². The Balaban J connectivity index is 1.92. The van der Waals surface area contributed by atoms with Gasteiger partial charge in [0.05, 0.1) is 17.4 Å². The van der Waals surface area contributed by atoms with E-state index in [0.29, 0.717) is 5.56 Å². The van der Waals surface area contributed by atoms with Gasteiger partial charge in [0.15, 0.2) is 5.76 Å². The predicted octanol–water partition coefficient (Wildman–Crippen LogP) is 3.92. The van der Waals surface area contributed by atoms with Crippen molar-refractivity contribution < 1.29 is 18.7 Å². The van der Waals surface area contributed by atoms with Crippen molar-refractivity contribution in [3.05, 3.63) is 66.1 Å². The predicted molar refractivity (Wildman–Crippen MR) is 78.6 cm³/mol. The number of nitrogens with one attached hydrogen (secondary N) is 1. The van der Waals surface area contributed by atoms with Crippen LogP contribution in [0.5, 0.6) is 0 Å². The molecule has 0 saturated carbocycles. The summed E-state index contributed by atoms with van der Waals surface area (Å²) in [5.74, 6) is -1.21. The van der Waals surface area contributed by atoms with Gasteiger partial charge in [0.2, 0.25) is 0 Å². The van der Waals surface area contributed by atoms with Crippen molar-refractivity contribution in [2.45, 2.75) is 0 Å². The number of hydrogen-bond donors (Lipinski definition) is 2. The molecular weight excluding hydrogens is 287 g/mol. The minimum Gasteiger partial charge on any atom is -0.478 e. The van der Waals surface area contributed by atoms with Gasteiger partial charge < -0.3 is 14.8 Å². The number of carboxylic acid groups (broad SMARTS) is 1. The number of benzene rings is 2. The number of aromatic carboxylic acids is 1. The molecule has 0 aliphatic heterocycles. The van der Waals surface area contributed by atoms with Gasteiger partial charge in [0, 0.05) is 5.56 Å². The van der Waals surface area contributed by atoms with Gasteiger partial charge in [-0.2, -0.15) is 0 Å². The largest absolute Gasteiger partial charge is 0.478 e. The number of anilines is 2. The Morgan fingerprint density at radius 1 is 1.14 bits per heavy atom. The number of para-hydroxylation sites is 1. The second kappa shape index (κ2) is 5.69. The Morgan fingerprint density at radius 2 is 1.86 bits per heavy atom. The van der Waals surface area contributed by atoms with Gasteiger partial charge in [-0.15, -0.1) is 0 Å². The molecule has 2 aromatic carbocycles. The molecular formula is C16H11FN2O3. The zero-order valence-corrected chi connectivity index (χ0v) is 11.3. The number of carbonyl (C=O) groups is 1. The van der Waals surface area contributed by atoms with Crippen LogP contribution in [0.3, 0.4) is 0 Å². The fraction of sp³-hybridized carbons (Fsp3) is 0. The Morgan fingerprint density at radius 3 is 2.64 bits per heavy atom. The van der Waals surface area contributed by atoms with E-state index in [1.165, 1.54) is 18.3 Å². The van der Waals surface area contributed by atoms with Crippen LogP contribution in [0.25, 0.3) is 11.3 Å². The number of oxazole rings is 1. The molecule has 3 aromatic rings. The average Bonchev–Trinajstić information content (AvgIpc) is 2.98. The van der Waals surface area contributed by atoms with Crippen molar-refractivity contribution >= 4 is 17.7 Å². The average molecular weight is 298 g/mol. The highest BCUT2D eigenvalue weighted by Crippen LogP contribution is 2.27. The van der Waals surface area contributed by atoms with E-state index in [2.05, 4.69) is 10.3 Å². The third kappa shape index (κ3) is 2.67. The molecule has 0 bridgehead atoms. The van der Waals surface area contributed by atoms with Crippen LogP contribution in [0.15, 0.2) is 59.1 Å². The highest BCUT2D eigenvalue weighted by molar-refractivity contribution is 5.95. The lowest BCUT2D eigenvalue weighted by atomic mass is 10.1. The highest BCUT2D eigenvalue weighted by atomic mass is 19.1. The molecule has 0 aliphatic carbocycles. The summed E-state index contributed by atoms with van der Waals surface area (Å²) >= 11 is 0. The fourth-order valence-corrected chi connectivity index (χ4v) is 2.02. The maximum Gasteiger partial charge on any atom is 0.336 e. The Kier molecular flexibility index (Phi) is 3.57. The van der Waals surface area contributed by atoms with Crippen LogP contribution in [0.4, 0.5) is 16.1 Å². The molecule has 1 aromatic heterocycles. The SMILES string of the molecule is O=C(O)c1ccccc1-c1cnc(Nc2ccccc2F)o1. The van der Waals surface area contributed by atoms with Crippen molar-refractivity contribution in [1.29, 1.82) is 0 Å². The first kappa shape index (κ1) is 13.8. The maximum absolute atomic E-state index is 13.6. The van der Waals surface area contributed by atoms with Crippen molar-refractivity contribution in [3.63, 3.8) is 0 Å². The van der Waals surface area contributed by atoms with Crippen LogP contribution < -0.4 is 5.32 Å². The van der Waals surface area contributed by atoms with Crippen LogP contribution in [-0.2, 0) is 0 Å². The molecule has 3 rings (SSSR count). The second-order valence-electron chi connectivity index (χ2n) is 4.49. The van der Waals surface area contributed by atoms with Crippen molar-refractivity contribution in [1.82, 2.24) is 4.98 Å². The summed E-state index contributed by atoms with van der Waals surface area (Å²) < 4.78 is 19.0. The Hall–Kier alpha value is -3.15. The van der Waals surface area contributed by atoms with E-state index in [0.717, 1.165) is 0 Å². The monoisotopic (exact) mass is 298 g/mol. The third-order valence-electron chi connectivity index (χ3n) is 3.04. The molecule has 2 N–H and O–H groups in total. The van der Waals surface area contributed by atoms with E-state index in [9.17, 15) is 14.3 Å². The van der Waals surface area contributed by atoms with Crippen molar-refractivity contribution in [2.75, 3.05) is 5.32 Å². The van der Waals surface area contributed by atoms with Gasteiger partial charge in [0.1, 0.15) is 5.82 Å². The van der Waals surface area contributed by atoms with E-state index >= 15 is 0 Å². The molecule has 0 atom stereocenters. The molecule has 1 heterocycles. The lowest BCUT2D eigenvalue weighted by molar-refractivity contribution is 0.0697. The Labute approximate surface area is 125 Å². The zero-order chi connectivity index (χ0) is 15.5. The third-order valence-corrected chi connectivity index (χ3v) is 3.04. The molecule has 22 heavy (non-hydrogen) atoms. The first-order valence-electron chi connectivity index (χ1n) is 6.45. The fourth-order valence-electron chi connectivity index (χ4n) is 2.02. The summed E-state index contributed by atoms with van der Waals surface area (Å²) in [6.07, 6.45) is 1.39. The van der Waals surface area contributed by atoms with Crippen LogP contribution in [0.1, 0.15) is 10.4 Å². The molecule has 0 unspecified atom stereocenters. The number of rotatable bonds is 4. The van der Waals surface area contributed by atoms with Gasteiger partial charge in [-0.25, -0.2) is 14.2 Å². The molecule has 0 aliphatic rings. The van der Waals surface area contributed by atoms with Crippen LogP contribution in [0, 0.1) is 5.82 Å². The molecule has 0 radical (unpaired) electrons. The molecule has 5 nitrogen and oxygen atoms in total. The number of halogens is 1. The first-order valence-corrected chi connectivity index (χ1v) is 6.45. The lowest BCUT2D eigenvalue weighted by Crippen LogP contribution is -1.98. The molecule has 0 fully saturated rings. The Bertz CT molecular complexity index is 830. The molecule has 0 amide bonds. The van der Waals surface area contributed by atoms with Crippen LogP contribution in [0.2, 0.25) is 0 Å². The van der Waals surface area contributed by atoms with Gasteiger partial charge in [-0.05, 0) is 18.2 Å². The lowest BCUT2D eigenvalue weighted by Gasteiger charge is -2.03. The van der Waals surface area contributed by atoms with E-state index < -0.39 is 11.8 Å². The van der Waals surface area contributed by atoms with Crippen molar-refractivity contribution in [2.24, 2.45) is 0 Å². The van der Waals surface area contributed by atoms with Gasteiger partial charge in [-0.3, -0.25) is 0 Å². The first-order chi connectivity index (χ1) is 10.6. The van der Waals surface area contributed by atoms with Gasteiger partial charge in [-0.1, -0.05) is 30.3 Å². The van der Waals surface area contributed by atoms with Crippen LogP contribution in [-0.4, -0.2) is 16.1 Å². The van der Waals surface area contributed by atoms with E-state index in [1.807, 2.05) is 0 Å². The summed E-state index contributed by atoms with van der Waals surface area (Å²) in [4.78, 5) is 15.2. The number of nitrogens with zero attached hydrogens (tertiary/aromatic N) is 1. The summed E-state index contributed by atoms with van der Waals surface area (Å²) in [5, 5.41) is 11.9. The molecule has 110 valence electrons. The quantitative estimate of drug-likeness (QED) is 0.763. The van der Waals surface area contributed by atoms with E-state index in [-0.39, 0.29) is 23.0 Å². The second-order valence-corrected chi connectivity index (χ2v) is 4.49. The number of carboxylic acids is 1. The minimum absolute atomic E-state index is 0.0836. The minimum atomic E-state index is -1.06. The number of hydrogen-bond acceptors (Lipinski definition) is 4. The van der Waals surface area contributed by atoms with Gasteiger partial charge in [0.25, 0.3) is 6.01 Å². The maximum atomic E-state index is 13.6. The topological polar surface area (TPSA) is 75.4 Å². The van der Waals surface area contributed by atoms with Gasteiger partial charge >= 0.3 is 5.97 Å². The standard InChI is InChI=1S/C16H11FN2O3/c17-12-7-3-4-8-13(12)19-16-18-9-14(22-16)10-5-1-2-6-11(10)15(20)21/h1-9H,(H,18,19)(H,20,21). The summed E-state index contributed by atoms with van der Waals surface area (Å²) in [6.45, 7) is 0.